The van der Waals surface area contributed by atoms with Gasteiger partial charge >= 0.3 is 18.0 Å². The number of rotatable bonds is 5. The van der Waals surface area contributed by atoms with E-state index in [9.17, 15) is 35.5 Å². The summed E-state index contributed by atoms with van der Waals surface area (Å²) < 4.78 is 90.3. The van der Waals surface area contributed by atoms with Crippen molar-refractivity contribution in [3.8, 4) is 0 Å². The largest absolute Gasteiger partial charge is 0.460 e. The molecular weight excluding hydrogens is 403 g/mol. The zero-order chi connectivity index (χ0) is 18.2. The summed E-state index contributed by atoms with van der Waals surface area (Å²) >= 11 is 3.02. The molecular formula is C11H11BrF7N3O. The van der Waals surface area contributed by atoms with Crippen LogP contribution in [0.15, 0.2) is 10.7 Å². The van der Waals surface area contributed by atoms with Crippen LogP contribution in [-0.4, -0.2) is 45.7 Å². The Balaban J connectivity index is 3.06. The maximum atomic E-state index is 13.4. The van der Waals surface area contributed by atoms with Crippen molar-refractivity contribution in [3.05, 3.63) is 16.4 Å². The van der Waals surface area contributed by atoms with Crippen molar-refractivity contribution < 1.29 is 35.5 Å². The molecule has 0 N–H and O–H groups in total. The molecule has 0 saturated carbocycles. The summed E-state index contributed by atoms with van der Waals surface area (Å²) in [7, 11) is 0.697. The van der Waals surface area contributed by atoms with E-state index in [0.29, 0.717) is 11.5 Å². The van der Waals surface area contributed by atoms with Gasteiger partial charge in [-0.15, -0.1) is 0 Å². The second-order valence-corrected chi connectivity index (χ2v) is 5.42. The summed E-state index contributed by atoms with van der Waals surface area (Å²) in [5.74, 6) is -15.0. The molecule has 0 aliphatic rings. The zero-order valence-corrected chi connectivity index (χ0v) is 13.4. The number of hydrogen-bond donors (Lipinski definition) is 0. The van der Waals surface area contributed by atoms with Crippen LogP contribution in [0.5, 0.6) is 0 Å². The summed E-state index contributed by atoms with van der Waals surface area (Å²) in [4.78, 5) is 11.5. The minimum Gasteiger partial charge on any atom is -0.334 e. The minimum absolute atomic E-state index is 0.0909. The van der Waals surface area contributed by atoms with Gasteiger partial charge in [-0.25, -0.2) is 0 Å². The van der Waals surface area contributed by atoms with Crippen LogP contribution in [0, 0.1) is 0 Å². The second-order valence-electron chi connectivity index (χ2n) is 4.56. The van der Waals surface area contributed by atoms with E-state index in [-0.39, 0.29) is 17.1 Å². The number of carbonyl (C=O) groups is 1. The standard InChI is InChI=1S/C11H11BrF7N3O/c1-3-22-7(6(12)4-20-22)5-21(2)8(23)9(13,14)10(15,16)11(17,18)19/h4H,3,5H2,1-2H3. The fourth-order valence-corrected chi connectivity index (χ4v) is 2.09. The van der Waals surface area contributed by atoms with Crippen LogP contribution in [0.3, 0.4) is 0 Å². The van der Waals surface area contributed by atoms with Crippen LogP contribution < -0.4 is 0 Å². The van der Waals surface area contributed by atoms with Crippen molar-refractivity contribution in [1.82, 2.24) is 14.7 Å². The SMILES string of the molecule is CCn1ncc(Br)c1CN(C)C(=O)C(F)(F)C(F)(F)C(F)(F)F. The highest BCUT2D eigenvalue weighted by molar-refractivity contribution is 9.10. The Labute approximate surface area is 134 Å². The van der Waals surface area contributed by atoms with Gasteiger partial charge in [0.1, 0.15) is 0 Å². The molecule has 0 aromatic carbocycles. The van der Waals surface area contributed by atoms with Gasteiger partial charge in [-0.05, 0) is 22.9 Å². The van der Waals surface area contributed by atoms with E-state index in [1.165, 1.54) is 10.9 Å². The molecule has 0 aliphatic carbocycles. The summed E-state index contributed by atoms with van der Waals surface area (Å²) in [6, 6.07) is 0. The smallest absolute Gasteiger partial charge is 0.334 e. The van der Waals surface area contributed by atoms with Gasteiger partial charge < -0.3 is 4.90 Å². The molecule has 0 saturated heterocycles. The summed E-state index contributed by atoms with van der Waals surface area (Å²) in [5, 5.41) is 3.81. The second kappa shape index (κ2) is 6.29. The van der Waals surface area contributed by atoms with E-state index >= 15 is 0 Å². The molecule has 1 aromatic rings. The third-order valence-corrected chi connectivity index (χ3v) is 3.61. The van der Waals surface area contributed by atoms with E-state index < -0.39 is 30.5 Å². The van der Waals surface area contributed by atoms with Gasteiger partial charge in [0.2, 0.25) is 0 Å². The normalized spacial score (nSPS) is 13.3. The van der Waals surface area contributed by atoms with Gasteiger partial charge in [0.15, 0.2) is 0 Å². The van der Waals surface area contributed by atoms with Gasteiger partial charge in [0, 0.05) is 13.6 Å². The van der Waals surface area contributed by atoms with E-state index in [1.54, 1.807) is 6.92 Å². The van der Waals surface area contributed by atoms with Gasteiger partial charge in [-0.3, -0.25) is 9.48 Å². The highest BCUT2D eigenvalue weighted by Gasteiger charge is 2.76. The fraction of sp³-hybridized carbons (Fsp3) is 0.636. The van der Waals surface area contributed by atoms with E-state index in [1.807, 2.05) is 0 Å². The Hall–Kier alpha value is -1.33. The van der Waals surface area contributed by atoms with Crippen molar-refractivity contribution in [2.45, 2.75) is 38.0 Å². The average Bonchev–Trinajstić information content (AvgIpc) is 2.77. The molecule has 1 amide bonds. The van der Waals surface area contributed by atoms with E-state index in [0.717, 1.165) is 0 Å². The monoisotopic (exact) mass is 413 g/mol. The van der Waals surface area contributed by atoms with Crippen molar-refractivity contribution in [2.75, 3.05) is 7.05 Å². The van der Waals surface area contributed by atoms with Gasteiger partial charge in [-0.1, -0.05) is 0 Å². The van der Waals surface area contributed by atoms with Gasteiger partial charge in [0.05, 0.1) is 22.9 Å². The first kappa shape index (κ1) is 19.7. The average molecular weight is 414 g/mol. The lowest BCUT2D eigenvalue weighted by Crippen LogP contribution is -2.59. The first-order chi connectivity index (χ1) is 10.3. The van der Waals surface area contributed by atoms with Crippen LogP contribution in [0.25, 0.3) is 0 Å². The molecule has 1 rings (SSSR count). The quantitative estimate of drug-likeness (QED) is 0.693. The van der Waals surface area contributed by atoms with Crippen LogP contribution in [0.1, 0.15) is 12.6 Å². The molecule has 0 radical (unpaired) electrons. The predicted molar refractivity (Wildman–Crippen MR) is 68.0 cm³/mol. The number of amides is 1. The van der Waals surface area contributed by atoms with E-state index in [4.69, 9.17) is 0 Å². The van der Waals surface area contributed by atoms with Gasteiger partial charge in [-0.2, -0.15) is 35.8 Å². The lowest BCUT2D eigenvalue weighted by atomic mass is 10.1. The number of aromatic nitrogens is 2. The maximum absolute atomic E-state index is 13.4. The lowest BCUT2D eigenvalue weighted by Gasteiger charge is -2.30. The third kappa shape index (κ3) is 3.45. The fourth-order valence-electron chi connectivity index (χ4n) is 1.67. The lowest BCUT2D eigenvalue weighted by molar-refractivity contribution is -0.345. The van der Waals surface area contributed by atoms with Crippen LogP contribution in [-0.2, 0) is 17.9 Å². The topological polar surface area (TPSA) is 38.1 Å². The van der Waals surface area contributed by atoms with Crippen molar-refractivity contribution >= 4 is 21.8 Å². The molecule has 132 valence electrons. The number of carbonyl (C=O) groups excluding carboxylic acids is 1. The Bertz CT molecular complexity index is 585. The van der Waals surface area contributed by atoms with Crippen LogP contribution in [0.4, 0.5) is 30.7 Å². The number of alkyl halides is 7. The number of aryl methyl sites for hydroxylation is 1. The zero-order valence-electron chi connectivity index (χ0n) is 11.8. The highest BCUT2D eigenvalue weighted by Crippen LogP contribution is 2.47. The Kier molecular flexibility index (Phi) is 5.39. The molecule has 1 heterocycles. The molecule has 0 atom stereocenters. The molecule has 0 unspecified atom stereocenters. The molecule has 1 aromatic heterocycles. The Morgan fingerprint density at radius 2 is 1.78 bits per heavy atom. The Morgan fingerprint density at radius 3 is 2.22 bits per heavy atom. The van der Waals surface area contributed by atoms with Crippen LogP contribution >= 0.6 is 15.9 Å². The molecule has 0 aliphatic heterocycles. The third-order valence-electron chi connectivity index (χ3n) is 2.95. The molecule has 0 spiro atoms. The Morgan fingerprint density at radius 1 is 1.26 bits per heavy atom. The molecule has 23 heavy (non-hydrogen) atoms. The number of halogens is 8. The van der Waals surface area contributed by atoms with Crippen LogP contribution in [0.2, 0.25) is 0 Å². The highest BCUT2D eigenvalue weighted by atomic mass is 79.9. The van der Waals surface area contributed by atoms with E-state index in [2.05, 4.69) is 21.0 Å². The minimum atomic E-state index is -6.56. The van der Waals surface area contributed by atoms with Crippen molar-refractivity contribution in [1.29, 1.82) is 0 Å². The molecule has 0 fully saturated rings. The summed E-state index contributed by atoms with van der Waals surface area (Å²) in [6.45, 7) is 1.28. The first-order valence-electron chi connectivity index (χ1n) is 6.05. The summed E-state index contributed by atoms with van der Waals surface area (Å²) in [5.41, 5.74) is 0.175. The van der Waals surface area contributed by atoms with Gasteiger partial charge in [0.25, 0.3) is 5.91 Å². The number of hydrogen-bond acceptors (Lipinski definition) is 2. The molecule has 4 nitrogen and oxygen atoms in total. The molecule has 12 heteroatoms. The van der Waals surface area contributed by atoms with Crippen molar-refractivity contribution in [2.24, 2.45) is 0 Å². The van der Waals surface area contributed by atoms with Crippen molar-refractivity contribution in [3.63, 3.8) is 0 Å². The first-order valence-corrected chi connectivity index (χ1v) is 6.84. The predicted octanol–water partition coefficient (Wildman–Crippen LogP) is 3.46. The number of nitrogens with zero attached hydrogens (tertiary/aromatic N) is 3. The summed E-state index contributed by atoms with van der Waals surface area (Å²) in [6.07, 6.45) is -5.28. The maximum Gasteiger partial charge on any atom is 0.460 e. The molecule has 0 bridgehead atoms.